The minimum absolute atomic E-state index is 0.116. The van der Waals surface area contributed by atoms with Crippen molar-refractivity contribution in [3.8, 4) is 5.88 Å². The maximum absolute atomic E-state index is 11.7. The number of carbonyl (C=O) groups is 1. The number of hydrogen-bond donors (Lipinski definition) is 0. The Kier molecular flexibility index (Phi) is 4.95. The van der Waals surface area contributed by atoms with Gasteiger partial charge in [0, 0.05) is 30.4 Å². The van der Waals surface area contributed by atoms with Crippen LogP contribution in [-0.2, 0) is 20.1 Å². The third-order valence-electron chi connectivity index (χ3n) is 3.06. The third kappa shape index (κ3) is 3.48. The van der Waals surface area contributed by atoms with Gasteiger partial charge in [0.05, 0.1) is 0 Å². The molecule has 0 atom stereocenters. The van der Waals surface area contributed by atoms with Crippen LogP contribution in [0.25, 0.3) is 0 Å². The van der Waals surface area contributed by atoms with Gasteiger partial charge in [-0.2, -0.15) is 0 Å². The molecule has 1 heterocycles. The Labute approximate surface area is 126 Å². The number of carbonyl (C=O) groups excluding carboxylic acids is 1. The molecule has 0 aliphatic rings. The molecule has 0 saturated heterocycles. The Bertz CT molecular complexity index is 608. The number of ether oxygens (including phenoxy) is 1. The molecule has 1 aromatic carbocycles. The van der Waals surface area contributed by atoms with Crippen molar-refractivity contribution in [1.82, 2.24) is 9.78 Å². The van der Waals surface area contributed by atoms with E-state index in [2.05, 4.69) is 28.0 Å². The number of benzene rings is 1. The Morgan fingerprint density at radius 2 is 2.20 bits per heavy atom. The lowest BCUT2D eigenvalue weighted by atomic mass is 9.99. The van der Waals surface area contributed by atoms with E-state index in [4.69, 9.17) is 4.74 Å². The minimum atomic E-state index is -0.116. The predicted octanol–water partition coefficient (Wildman–Crippen LogP) is 3.49. The molecule has 1 aromatic heterocycles. The molecule has 0 bridgehead atoms. The van der Waals surface area contributed by atoms with Gasteiger partial charge in [0.1, 0.15) is 6.61 Å². The van der Waals surface area contributed by atoms with Crippen LogP contribution in [0.5, 0.6) is 5.88 Å². The van der Waals surface area contributed by atoms with Crippen molar-refractivity contribution in [2.24, 2.45) is 7.05 Å². The zero-order valence-electron chi connectivity index (χ0n) is 11.6. The van der Waals surface area contributed by atoms with E-state index in [1.807, 2.05) is 31.4 Å². The first-order valence-electron chi connectivity index (χ1n) is 6.55. The molecule has 0 radical (unpaired) electrons. The smallest absolute Gasteiger partial charge is 0.233 e. The molecule has 20 heavy (non-hydrogen) atoms. The first-order chi connectivity index (χ1) is 9.61. The van der Waals surface area contributed by atoms with E-state index < -0.39 is 0 Å². The fourth-order valence-electron chi connectivity index (χ4n) is 2.11. The normalized spacial score (nSPS) is 10.6. The molecule has 4 nitrogen and oxygen atoms in total. The maximum Gasteiger partial charge on any atom is 0.233 e. The molecular weight excluding hydrogens is 320 g/mol. The van der Waals surface area contributed by atoms with Crippen molar-refractivity contribution >= 4 is 20.6 Å². The summed E-state index contributed by atoms with van der Waals surface area (Å²) in [5.74, 6) is 0.562. The number of hydrogen-bond acceptors (Lipinski definition) is 3. The molecule has 0 fully saturated rings. The molecular formula is C15H17BrN2O2. The largest absolute Gasteiger partial charge is 0.472 e. The molecule has 5 heteroatoms. The van der Waals surface area contributed by atoms with Crippen molar-refractivity contribution in [1.29, 1.82) is 0 Å². The zero-order chi connectivity index (χ0) is 14.5. The number of nitrogens with zero attached hydrogens (tertiary/aromatic N) is 2. The molecule has 0 aliphatic heterocycles. The summed E-state index contributed by atoms with van der Waals surface area (Å²) >= 11 is 3.03. The van der Waals surface area contributed by atoms with E-state index >= 15 is 0 Å². The summed E-state index contributed by atoms with van der Waals surface area (Å²) < 4.78 is 7.25. The van der Waals surface area contributed by atoms with Crippen LogP contribution in [0, 0.1) is 0 Å². The van der Waals surface area contributed by atoms with Crippen molar-refractivity contribution in [2.45, 2.75) is 26.4 Å². The van der Waals surface area contributed by atoms with Crippen molar-refractivity contribution < 1.29 is 9.53 Å². The summed E-state index contributed by atoms with van der Waals surface area (Å²) in [7, 11) is 1.84. The summed E-state index contributed by atoms with van der Waals surface area (Å²) in [5.41, 5.74) is 2.74. The lowest BCUT2D eigenvalue weighted by Crippen LogP contribution is -2.07. The van der Waals surface area contributed by atoms with E-state index in [1.165, 1.54) is 0 Å². The highest BCUT2D eigenvalue weighted by Crippen LogP contribution is 2.21. The monoisotopic (exact) mass is 336 g/mol. The van der Waals surface area contributed by atoms with Gasteiger partial charge in [-0.1, -0.05) is 31.5 Å². The van der Waals surface area contributed by atoms with Crippen molar-refractivity contribution in [2.75, 3.05) is 0 Å². The molecule has 2 aromatic rings. The highest BCUT2D eigenvalue weighted by atomic mass is 79.9. The molecule has 0 saturated carbocycles. The van der Waals surface area contributed by atoms with E-state index in [0.29, 0.717) is 18.1 Å². The van der Waals surface area contributed by atoms with Crippen LogP contribution in [0.1, 0.15) is 34.8 Å². The summed E-state index contributed by atoms with van der Waals surface area (Å²) in [6, 6.07) is 7.56. The molecule has 0 aliphatic carbocycles. The Balaban J connectivity index is 2.25. The first-order valence-corrected chi connectivity index (χ1v) is 7.34. The minimum Gasteiger partial charge on any atom is -0.472 e. The van der Waals surface area contributed by atoms with E-state index in [-0.39, 0.29) is 4.69 Å². The van der Waals surface area contributed by atoms with Gasteiger partial charge >= 0.3 is 0 Å². The van der Waals surface area contributed by atoms with Gasteiger partial charge in [-0.3, -0.25) is 9.48 Å². The highest BCUT2D eigenvalue weighted by Gasteiger charge is 2.13. The average molecular weight is 337 g/mol. The molecule has 0 amide bonds. The number of rotatable bonds is 6. The van der Waals surface area contributed by atoms with Crippen LogP contribution in [-0.4, -0.2) is 14.5 Å². The van der Waals surface area contributed by atoms with Gasteiger partial charge in [-0.05, 0) is 27.9 Å². The van der Waals surface area contributed by atoms with Gasteiger partial charge in [0.25, 0.3) is 0 Å². The van der Waals surface area contributed by atoms with Crippen molar-refractivity contribution in [3.05, 3.63) is 47.2 Å². The van der Waals surface area contributed by atoms with Crippen LogP contribution in [0.4, 0.5) is 0 Å². The Morgan fingerprint density at radius 1 is 1.40 bits per heavy atom. The van der Waals surface area contributed by atoms with Crippen molar-refractivity contribution in [3.63, 3.8) is 0 Å². The highest BCUT2D eigenvalue weighted by molar-refractivity contribution is 9.18. The van der Waals surface area contributed by atoms with Crippen LogP contribution in [0.3, 0.4) is 0 Å². The van der Waals surface area contributed by atoms with E-state index in [9.17, 15) is 4.79 Å². The molecule has 2 rings (SSSR count). The summed E-state index contributed by atoms with van der Waals surface area (Å²) in [4.78, 5) is 11.7. The van der Waals surface area contributed by atoms with Gasteiger partial charge < -0.3 is 4.74 Å². The summed E-state index contributed by atoms with van der Waals surface area (Å²) in [5, 5.41) is 4.17. The standard InChI is InChI=1S/C15H17BrN2O2/c1-3-5-11-6-4-7-12(15(16)19)13(11)10-20-14-8-9-18(2)17-14/h4,6-9H,3,5,10H2,1-2H3. The Morgan fingerprint density at radius 3 is 2.80 bits per heavy atom. The van der Waals surface area contributed by atoms with Gasteiger partial charge in [-0.15, -0.1) is 5.10 Å². The topological polar surface area (TPSA) is 44.1 Å². The summed E-state index contributed by atoms with van der Waals surface area (Å²) in [6.07, 6.45) is 3.77. The lowest BCUT2D eigenvalue weighted by molar-refractivity contribution is 0.109. The lowest BCUT2D eigenvalue weighted by Gasteiger charge is -2.12. The van der Waals surface area contributed by atoms with E-state index in [0.717, 1.165) is 24.0 Å². The van der Waals surface area contributed by atoms with Crippen LogP contribution >= 0.6 is 15.9 Å². The number of aryl methyl sites for hydroxylation is 2. The van der Waals surface area contributed by atoms with Crippen LogP contribution in [0.15, 0.2) is 30.5 Å². The zero-order valence-corrected chi connectivity index (χ0v) is 13.2. The third-order valence-corrected chi connectivity index (χ3v) is 3.48. The molecule has 106 valence electrons. The van der Waals surface area contributed by atoms with Gasteiger partial charge in [-0.25, -0.2) is 0 Å². The average Bonchev–Trinajstić information content (AvgIpc) is 2.83. The van der Waals surface area contributed by atoms with E-state index in [1.54, 1.807) is 10.7 Å². The number of aromatic nitrogens is 2. The predicted molar refractivity (Wildman–Crippen MR) is 81.2 cm³/mol. The fraction of sp³-hybridized carbons (Fsp3) is 0.333. The second-order valence-electron chi connectivity index (χ2n) is 4.58. The molecule has 0 spiro atoms. The Hall–Kier alpha value is -1.62. The maximum atomic E-state index is 11.7. The first kappa shape index (κ1) is 14.8. The quantitative estimate of drug-likeness (QED) is 0.758. The number of halogens is 1. The molecule has 0 unspecified atom stereocenters. The second kappa shape index (κ2) is 6.70. The van der Waals surface area contributed by atoms with Crippen LogP contribution < -0.4 is 4.74 Å². The second-order valence-corrected chi connectivity index (χ2v) is 5.30. The fourth-order valence-corrected chi connectivity index (χ4v) is 2.48. The SMILES string of the molecule is CCCc1cccc(C(=O)Br)c1COc1ccn(C)n1. The summed E-state index contributed by atoms with van der Waals surface area (Å²) in [6.45, 7) is 2.46. The van der Waals surface area contributed by atoms with Gasteiger partial charge in [0.2, 0.25) is 10.6 Å². The molecule has 0 N–H and O–H groups in total. The van der Waals surface area contributed by atoms with Gasteiger partial charge in [0.15, 0.2) is 0 Å². The van der Waals surface area contributed by atoms with Crippen LogP contribution in [0.2, 0.25) is 0 Å².